The second-order valence-corrected chi connectivity index (χ2v) is 7.53. The molecule has 2 aromatic rings. The van der Waals surface area contributed by atoms with Crippen LogP contribution in [-0.2, 0) is 28.7 Å². The van der Waals surface area contributed by atoms with Gasteiger partial charge in [0.1, 0.15) is 6.10 Å². The summed E-state index contributed by atoms with van der Waals surface area (Å²) in [6.07, 6.45) is -6.65. The van der Waals surface area contributed by atoms with E-state index in [2.05, 4.69) is 4.74 Å². The van der Waals surface area contributed by atoms with Crippen molar-refractivity contribution < 1.29 is 69.5 Å². The SMILES string of the molecule is O=C(/C=C\c1ccc(O)c(O)c1)O[C@@H]([C@@H](O)[C@H](OC(=O)/C=C/c1ccc(O)c(O)c1)C(=O)O)[C@H](O)C(=O)O. The number of carbonyl (C=O) groups is 4. The van der Waals surface area contributed by atoms with E-state index in [0.29, 0.717) is 12.2 Å². The molecule has 0 bridgehead atoms. The lowest BCUT2D eigenvalue weighted by Gasteiger charge is -2.28. The summed E-state index contributed by atoms with van der Waals surface area (Å²) in [5.41, 5.74) is 0.366. The Hall–Kier alpha value is -5.08. The molecule has 0 aliphatic rings. The average molecular weight is 534 g/mol. The number of benzene rings is 2. The number of carboxylic acids is 2. The van der Waals surface area contributed by atoms with Crippen LogP contribution in [-0.4, -0.2) is 89.1 Å². The molecule has 0 unspecified atom stereocenters. The summed E-state index contributed by atoms with van der Waals surface area (Å²) < 4.78 is 9.38. The number of esters is 2. The van der Waals surface area contributed by atoms with Gasteiger partial charge in [0, 0.05) is 12.2 Å². The first-order valence-electron chi connectivity index (χ1n) is 10.4. The first kappa shape index (κ1) is 29.2. The van der Waals surface area contributed by atoms with Crippen LogP contribution in [0.1, 0.15) is 11.1 Å². The summed E-state index contributed by atoms with van der Waals surface area (Å²) in [6, 6.07) is 6.90. The third-order valence-corrected chi connectivity index (χ3v) is 4.77. The Bertz CT molecular complexity index is 1260. The molecule has 0 amide bonds. The van der Waals surface area contributed by atoms with Gasteiger partial charge in [0.15, 0.2) is 35.2 Å². The number of aliphatic hydroxyl groups excluding tert-OH is 2. The zero-order valence-electron chi connectivity index (χ0n) is 19.1. The Balaban J connectivity index is 2.20. The van der Waals surface area contributed by atoms with Crippen molar-refractivity contribution in [3.8, 4) is 23.0 Å². The van der Waals surface area contributed by atoms with Gasteiger partial charge in [-0.2, -0.15) is 0 Å². The minimum Gasteiger partial charge on any atom is -0.504 e. The highest BCUT2D eigenvalue weighted by Crippen LogP contribution is 2.26. The van der Waals surface area contributed by atoms with Gasteiger partial charge in [-0.1, -0.05) is 12.1 Å². The lowest BCUT2D eigenvalue weighted by molar-refractivity contribution is -0.190. The van der Waals surface area contributed by atoms with E-state index in [0.717, 1.165) is 36.4 Å². The van der Waals surface area contributed by atoms with E-state index in [1.165, 1.54) is 12.1 Å². The molecular weight excluding hydrogens is 512 g/mol. The molecule has 0 spiro atoms. The van der Waals surface area contributed by atoms with Crippen LogP contribution in [0.25, 0.3) is 12.2 Å². The molecule has 14 heteroatoms. The largest absolute Gasteiger partial charge is 0.504 e. The van der Waals surface area contributed by atoms with E-state index >= 15 is 0 Å². The molecule has 2 aromatic carbocycles. The number of hydrogen-bond donors (Lipinski definition) is 8. The van der Waals surface area contributed by atoms with Gasteiger partial charge in [-0.15, -0.1) is 0 Å². The zero-order valence-corrected chi connectivity index (χ0v) is 19.1. The summed E-state index contributed by atoms with van der Waals surface area (Å²) in [6.45, 7) is 0. The van der Waals surface area contributed by atoms with E-state index in [1.807, 2.05) is 0 Å². The van der Waals surface area contributed by atoms with Gasteiger partial charge in [-0.25, -0.2) is 19.2 Å². The van der Waals surface area contributed by atoms with Crippen LogP contribution in [0.3, 0.4) is 0 Å². The van der Waals surface area contributed by atoms with Gasteiger partial charge < -0.3 is 50.3 Å². The molecule has 38 heavy (non-hydrogen) atoms. The highest BCUT2D eigenvalue weighted by atomic mass is 16.6. The Morgan fingerprint density at radius 1 is 0.658 bits per heavy atom. The summed E-state index contributed by atoms with van der Waals surface area (Å²) in [4.78, 5) is 47.2. The fraction of sp³-hybridized carbons (Fsp3) is 0.167. The van der Waals surface area contributed by atoms with Crippen molar-refractivity contribution in [2.45, 2.75) is 24.4 Å². The fourth-order valence-corrected chi connectivity index (χ4v) is 2.85. The van der Waals surface area contributed by atoms with Crippen LogP contribution in [0.2, 0.25) is 0 Å². The number of carboxylic acid groups (broad SMARTS) is 2. The Labute approximate surface area is 213 Å². The maximum atomic E-state index is 12.2. The monoisotopic (exact) mass is 534 g/mol. The van der Waals surface area contributed by atoms with Crippen LogP contribution >= 0.6 is 0 Å². The van der Waals surface area contributed by atoms with Gasteiger partial charge in [0.25, 0.3) is 0 Å². The van der Waals surface area contributed by atoms with Crippen molar-refractivity contribution in [3.63, 3.8) is 0 Å². The van der Waals surface area contributed by atoms with Crippen molar-refractivity contribution in [1.29, 1.82) is 0 Å². The fourth-order valence-electron chi connectivity index (χ4n) is 2.85. The number of aliphatic carboxylic acids is 2. The minimum atomic E-state index is -2.64. The molecule has 0 heterocycles. The molecular formula is C24H22O14. The minimum absolute atomic E-state index is 0.180. The van der Waals surface area contributed by atoms with Gasteiger partial charge in [-0.05, 0) is 47.5 Å². The summed E-state index contributed by atoms with van der Waals surface area (Å²) in [5.74, 6) is -8.60. The normalized spacial score (nSPS) is 14.5. The molecule has 0 aromatic heterocycles. The zero-order chi connectivity index (χ0) is 28.6. The Morgan fingerprint density at radius 3 is 1.50 bits per heavy atom. The van der Waals surface area contributed by atoms with Gasteiger partial charge >= 0.3 is 23.9 Å². The second-order valence-electron chi connectivity index (χ2n) is 7.53. The molecule has 0 aliphatic carbocycles. The summed E-state index contributed by atoms with van der Waals surface area (Å²) in [5, 5.41) is 76.4. The average Bonchev–Trinajstić information content (AvgIpc) is 2.86. The predicted molar refractivity (Wildman–Crippen MR) is 125 cm³/mol. The molecule has 8 N–H and O–H groups in total. The number of carbonyl (C=O) groups excluding carboxylic acids is 2. The number of aromatic hydroxyl groups is 4. The lowest BCUT2D eigenvalue weighted by atomic mass is 10.0. The van der Waals surface area contributed by atoms with Gasteiger partial charge in [0.2, 0.25) is 6.10 Å². The molecule has 0 saturated carbocycles. The molecule has 0 aliphatic heterocycles. The Kier molecular flexibility index (Phi) is 9.78. The highest BCUT2D eigenvalue weighted by Gasteiger charge is 2.44. The quantitative estimate of drug-likeness (QED) is 0.107. The predicted octanol–water partition coefficient (Wildman–Crippen LogP) is -0.0498. The molecule has 0 radical (unpaired) electrons. The maximum absolute atomic E-state index is 12.2. The van der Waals surface area contributed by atoms with Crippen LogP contribution in [0.5, 0.6) is 23.0 Å². The lowest BCUT2D eigenvalue weighted by Crippen LogP contribution is -2.53. The van der Waals surface area contributed by atoms with Crippen LogP contribution in [0, 0.1) is 0 Å². The van der Waals surface area contributed by atoms with Crippen LogP contribution in [0.4, 0.5) is 0 Å². The highest BCUT2D eigenvalue weighted by molar-refractivity contribution is 5.90. The number of phenols is 4. The van der Waals surface area contributed by atoms with Crippen molar-refractivity contribution in [2.24, 2.45) is 0 Å². The van der Waals surface area contributed by atoms with Crippen LogP contribution < -0.4 is 0 Å². The van der Waals surface area contributed by atoms with E-state index in [9.17, 15) is 54.9 Å². The van der Waals surface area contributed by atoms with Gasteiger partial charge in [-0.3, -0.25) is 0 Å². The van der Waals surface area contributed by atoms with E-state index in [4.69, 9.17) is 9.84 Å². The van der Waals surface area contributed by atoms with Crippen molar-refractivity contribution in [2.75, 3.05) is 0 Å². The van der Waals surface area contributed by atoms with E-state index in [-0.39, 0.29) is 11.1 Å². The first-order valence-corrected chi connectivity index (χ1v) is 10.4. The number of aliphatic hydroxyl groups is 2. The molecule has 0 saturated heterocycles. The molecule has 2 rings (SSSR count). The third kappa shape index (κ3) is 7.97. The Morgan fingerprint density at radius 2 is 1.11 bits per heavy atom. The number of ether oxygens (including phenoxy) is 2. The van der Waals surface area contributed by atoms with Gasteiger partial charge in [0.05, 0.1) is 0 Å². The summed E-state index contributed by atoms with van der Waals surface area (Å²) >= 11 is 0. The molecule has 14 nitrogen and oxygen atoms in total. The van der Waals surface area contributed by atoms with Crippen LogP contribution in [0.15, 0.2) is 48.6 Å². The third-order valence-electron chi connectivity index (χ3n) is 4.77. The number of rotatable bonds is 11. The summed E-state index contributed by atoms with van der Waals surface area (Å²) in [7, 11) is 0. The van der Waals surface area contributed by atoms with Crippen molar-refractivity contribution >= 4 is 36.0 Å². The van der Waals surface area contributed by atoms with Crippen molar-refractivity contribution in [1.82, 2.24) is 0 Å². The molecule has 0 fully saturated rings. The maximum Gasteiger partial charge on any atom is 0.347 e. The molecule has 202 valence electrons. The van der Waals surface area contributed by atoms with E-state index in [1.54, 1.807) is 0 Å². The standard InChI is InChI=1S/C24H22O14/c25-13-5-1-11(9-15(13)27)3-7-17(29)37-21(20(32)23(33)34)19(31)22(24(35)36)38-18(30)8-4-12-2-6-14(26)16(28)10-12/h1-10,19-22,25-28,31-32H,(H,33,34)(H,35,36)/b7-3-,8-4+/t19-,20+,21+,22+/m1/s1. The van der Waals surface area contributed by atoms with E-state index < -0.39 is 71.3 Å². The smallest absolute Gasteiger partial charge is 0.347 e. The topological polar surface area (TPSA) is 249 Å². The first-order chi connectivity index (χ1) is 17.8. The number of hydrogen-bond acceptors (Lipinski definition) is 12. The number of phenolic OH excluding ortho intramolecular Hbond substituents is 4. The molecule has 4 atom stereocenters. The second kappa shape index (κ2) is 12.8. The van der Waals surface area contributed by atoms with Crippen molar-refractivity contribution in [3.05, 3.63) is 59.7 Å².